The second-order valence-corrected chi connectivity index (χ2v) is 8.69. The molecule has 0 bridgehead atoms. The molecule has 1 aromatic rings. The number of piperidine rings is 1. The van der Waals surface area contributed by atoms with Crippen LogP contribution in [0.3, 0.4) is 0 Å². The van der Waals surface area contributed by atoms with Crippen LogP contribution in [-0.2, 0) is 0 Å². The molecule has 0 amide bonds. The van der Waals surface area contributed by atoms with Crippen LogP contribution in [0.2, 0.25) is 0 Å². The maximum absolute atomic E-state index is 5.38. The quantitative estimate of drug-likeness (QED) is 0.574. The van der Waals surface area contributed by atoms with Gasteiger partial charge in [-0.2, -0.15) is 9.97 Å². The van der Waals surface area contributed by atoms with Gasteiger partial charge in [0.05, 0.1) is 0 Å². The fraction of sp³-hybridized carbons (Fsp3) is 0.667. The summed E-state index contributed by atoms with van der Waals surface area (Å²) in [5, 5.41) is 6.80. The van der Waals surface area contributed by atoms with Crippen LogP contribution in [0.1, 0.15) is 46.0 Å². The van der Waals surface area contributed by atoms with Crippen molar-refractivity contribution in [2.75, 3.05) is 47.8 Å². The molecule has 7 heteroatoms. The summed E-state index contributed by atoms with van der Waals surface area (Å²) in [6.07, 6.45) is 8.11. The van der Waals surface area contributed by atoms with Crippen LogP contribution >= 0.6 is 12.2 Å². The van der Waals surface area contributed by atoms with Crippen LogP contribution in [-0.4, -0.2) is 47.8 Å². The zero-order valence-electron chi connectivity index (χ0n) is 17.3. The smallest absolute Gasteiger partial charge is 0.232 e. The van der Waals surface area contributed by atoms with E-state index in [1.54, 1.807) is 6.08 Å². The number of hydrogen-bond donors (Lipinski definition) is 2. The molecule has 0 aliphatic carbocycles. The molecular formula is C21H34N6S. The number of anilines is 3. The van der Waals surface area contributed by atoms with Gasteiger partial charge in [0.2, 0.25) is 5.95 Å². The zero-order valence-corrected chi connectivity index (χ0v) is 18.1. The first-order valence-corrected chi connectivity index (χ1v) is 11.0. The first kappa shape index (κ1) is 20.8. The number of hydrogen-bond acceptors (Lipinski definition) is 5. The van der Waals surface area contributed by atoms with Crippen molar-refractivity contribution in [1.82, 2.24) is 15.3 Å². The molecule has 3 heterocycles. The Morgan fingerprint density at radius 2 is 1.71 bits per heavy atom. The van der Waals surface area contributed by atoms with Gasteiger partial charge in [0.15, 0.2) is 5.11 Å². The van der Waals surface area contributed by atoms with Gasteiger partial charge in [-0.1, -0.05) is 32.8 Å². The Labute approximate surface area is 174 Å². The average Bonchev–Trinajstić information content (AvgIpc) is 2.95. The molecule has 3 rings (SSSR count). The van der Waals surface area contributed by atoms with E-state index in [0.717, 1.165) is 37.8 Å². The summed E-state index contributed by atoms with van der Waals surface area (Å²) in [6, 6.07) is 2.17. The molecule has 6 nitrogen and oxygen atoms in total. The zero-order chi connectivity index (χ0) is 19.9. The molecule has 0 unspecified atom stereocenters. The fourth-order valence-electron chi connectivity index (χ4n) is 4.26. The minimum absolute atomic E-state index is 0.527. The van der Waals surface area contributed by atoms with E-state index in [9.17, 15) is 0 Å². The van der Waals surface area contributed by atoms with Gasteiger partial charge in [0.25, 0.3) is 0 Å². The van der Waals surface area contributed by atoms with Gasteiger partial charge in [-0.15, -0.1) is 6.58 Å². The van der Waals surface area contributed by atoms with Gasteiger partial charge in [0, 0.05) is 38.8 Å². The van der Waals surface area contributed by atoms with Crippen molar-refractivity contribution in [1.29, 1.82) is 0 Å². The van der Waals surface area contributed by atoms with Crippen LogP contribution in [0, 0.1) is 11.8 Å². The highest BCUT2D eigenvalue weighted by Gasteiger charge is 2.24. The third-order valence-electron chi connectivity index (χ3n) is 5.45. The van der Waals surface area contributed by atoms with Gasteiger partial charge in [0.1, 0.15) is 11.6 Å². The molecule has 2 aliphatic rings. The summed E-state index contributed by atoms with van der Waals surface area (Å²) in [7, 11) is 0. The van der Waals surface area contributed by atoms with E-state index in [2.05, 4.69) is 46.9 Å². The Balaban J connectivity index is 1.86. The SMILES string of the molecule is C=CCNC(=S)Nc1nc(N2CCCCCC2)cc(N2C[C@H](C)C[C@H](C)C2)n1. The largest absolute Gasteiger partial charge is 0.359 e. The molecule has 1 aromatic heterocycles. The van der Waals surface area contributed by atoms with Crippen LogP contribution in [0.5, 0.6) is 0 Å². The number of aromatic nitrogens is 2. The molecule has 0 saturated carbocycles. The highest BCUT2D eigenvalue weighted by Crippen LogP contribution is 2.29. The third-order valence-corrected chi connectivity index (χ3v) is 5.70. The summed E-state index contributed by atoms with van der Waals surface area (Å²) < 4.78 is 0. The average molecular weight is 403 g/mol. The predicted molar refractivity (Wildman–Crippen MR) is 122 cm³/mol. The second-order valence-electron chi connectivity index (χ2n) is 8.28. The van der Waals surface area contributed by atoms with Gasteiger partial charge >= 0.3 is 0 Å². The lowest BCUT2D eigenvalue weighted by molar-refractivity contribution is 0.355. The van der Waals surface area contributed by atoms with E-state index >= 15 is 0 Å². The minimum Gasteiger partial charge on any atom is -0.359 e. The molecule has 154 valence electrons. The van der Waals surface area contributed by atoms with Gasteiger partial charge in [-0.25, -0.2) is 0 Å². The molecule has 2 N–H and O–H groups in total. The Morgan fingerprint density at radius 1 is 1.11 bits per heavy atom. The summed E-state index contributed by atoms with van der Waals surface area (Å²) >= 11 is 5.38. The normalized spacial score (nSPS) is 23.1. The molecule has 0 radical (unpaired) electrons. The Bertz CT molecular complexity index is 661. The molecule has 28 heavy (non-hydrogen) atoms. The lowest BCUT2D eigenvalue weighted by Crippen LogP contribution is -2.39. The lowest BCUT2D eigenvalue weighted by atomic mass is 9.92. The van der Waals surface area contributed by atoms with Gasteiger partial charge in [-0.3, -0.25) is 0 Å². The van der Waals surface area contributed by atoms with Crippen molar-refractivity contribution >= 4 is 34.9 Å². The Hall–Kier alpha value is -1.89. The van der Waals surface area contributed by atoms with E-state index in [1.165, 1.54) is 32.1 Å². The molecular weight excluding hydrogens is 368 g/mol. The Kier molecular flexibility index (Phi) is 7.48. The van der Waals surface area contributed by atoms with Gasteiger partial charge in [-0.05, 0) is 43.3 Å². The standard InChI is InChI=1S/C21H34N6S/c1-4-9-22-21(28)25-20-23-18(26-10-7-5-6-8-11-26)13-19(24-20)27-14-16(2)12-17(3)15-27/h4,13,16-17H,1,5-12,14-15H2,2-3H3,(H2,22,23,24,25,28)/t16-,17+. The van der Waals surface area contributed by atoms with E-state index in [0.29, 0.717) is 29.4 Å². The summed E-state index contributed by atoms with van der Waals surface area (Å²) in [5.41, 5.74) is 0. The lowest BCUT2D eigenvalue weighted by Gasteiger charge is -2.36. The molecule has 0 spiro atoms. The van der Waals surface area contributed by atoms with Crippen LogP contribution in [0.25, 0.3) is 0 Å². The van der Waals surface area contributed by atoms with E-state index < -0.39 is 0 Å². The van der Waals surface area contributed by atoms with Crippen molar-refractivity contribution in [3.8, 4) is 0 Å². The van der Waals surface area contributed by atoms with E-state index in [4.69, 9.17) is 22.2 Å². The fourth-order valence-corrected chi connectivity index (χ4v) is 4.44. The van der Waals surface area contributed by atoms with Crippen molar-refractivity contribution < 1.29 is 0 Å². The third kappa shape index (κ3) is 5.80. The Morgan fingerprint density at radius 3 is 2.32 bits per heavy atom. The maximum atomic E-state index is 5.38. The van der Waals surface area contributed by atoms with Crippen molar-refractivity contribution in [3.05, 3.63) is 18.7 Å². The number of rotatable bonds is 5. The van der Waals surface area contributed by atoms with Crippen LogP contribution in [0.15, 0.2) is 18.7 Å². The highest BCUT2D eigenvalue weighted by atomic mass is 32.1. The molecule has 2 fully saturated rings. The van der Waals surface area contributed by atoms with Crippen molar-refractivity contribution in [3.63, 3.8) is 0 Å². The first-order valence-electron chi connectivity index (χ1n) is 10.6. The minimum atomic E-state index is 0.527. The summed E-state index contributed by atoms with van der Waals surface area (Å²) in [6.45, 7) is 13.2. The number of thiocarbonyl (C=S) groups is 1. The van der Waals surface area contributed by atoms with Gasteiger partial charge < -0.3 is 20.4 Å². The van der Waals surface area contributed by atoms with E-state index in [1.807, 2.05) is 0 Å². The second kappa shape index (κ2) is 10.0. The predicted octanol–water partition coefficient (Wildman–Crippen LogP) is 3.81. The number of nitrogens with one attached hydrogen (secondary N) is 2. The molecule has 2 aliphatic heterocycles. The van der Waals surface area contributed by atoms with Crippen molar-refractivity contribution in [2.45, 2.75) is 46.0 Å². The van der Waals surface area contributed by atoms with Crippen molar-refractivity contribution in [2.24, 2.45) is 11.8 Å². The summed E-state index contributed by atoms with van der Waals surface area (Å²) in [5.74, 6) is 3.93. The monoisotopic (exact) mass is 402 g/mol. The topological polar surface area (TPSA) is 56.3 Å². The first-order chi connectivity index (χ1) is 13.5. The maximum Gasteiger partial charge on any atom is 0.232 e. The summed E-state index contributed by atoms with van der Waals surface area (Å²) in [4.78, 5) is 14.4. The van der Waals surface area contributed by atoms with Crippen LogP contribution in [0.4, 0.5) is 17.6 Å². The van der Waals surface area contributed by atoms with E-state index in [-0.39, 0.29) is 0 Å². The molecule has 2 saturated heterocycles. The van der Waals surface area contributed by atoms with Crippen LogP contribution < -0.4 is 20.4 Å². The number of nitrogens with zero attached hydrogens (tertiary/aromatic N) is 4. The molecule has 0 aromatic carbocycles. The highest BCUT2D eigenvalue weighted by molar-refractivity contribution is 7.80. The molecule has 2 atom stereocenters.